The largest absolute Gasteiger partial charge is 0.374 e. The van der Waals surface area contributed by atoms with Gasteiger partial charge in [0.1, 0.15) is 5.82 Å². The Bertz CT molecular complexity index is 295. The number of halogens is 2. The number of H-pyrrole nitrogens is 1. The molecule has 2 rings (SSSR count). The molecule has 1 saturated carbocycles. The van der Waals surface area contributed by atoms with Gasteiger partial charge < -0.3 is 5.32 Å². The first-order valence-electron chi connectivity index (χ1n) is 3.74. The molecular formula is C7H9F2N3. The fraction of sp³-hybridized carbons (Fsp3) is 0.571. The van der Waals surface area contributed by atoms with E-state index in [0.717, 1.165) is 0 Å². The Morgan fingerprint density at radius 3 is 2.83 bits per heavy atom. The van der Waals surface area contributed by atoms with E-state index < -0.39 is 11.8 Å². The van der Waals surface area contributed by atoms with Crippen LogP contribution in [0.4, 0.5) is 14.6 Å². The Hall–Kier alpha value is -1.13. The molecule has 3 nitrogen and oxygen atoms in total. The molecule has 2 N–H and O–H groups in total. The van der Waals surface area contributed by atoms with Gasteiger partial charge in [0.05, 0.1) is 11.6 Å². The third kappa shape index (κ3) is 1.05. The summed E-state index contributed by atoms with van der Waals surface area (Å²) < 4.78 is 25.0. The van der Waals surface area contributed by atoms with Crippen LogP contribution < -0.4 is 5.32 Å². The summed E-state index contributed by atoms with van der Waals surface area (Å²) in [5.41, 5.74) is 0.448. The zero-order chi connectivity index (χ0) is 8.77. The number of anilines is 1. The number of hydrogen-bond donors (Lipinski definition) is 2. The highest BCUT2D eigenvalue weighted by Crippen LogP contribution is 2.55. The molecule has 0 aliphatic heterocycles. The van der Waals surface area contributed by atoms with Crippen LogP contribution in [-0.2, 0) is 0 Å². The number of hydrogen-bond acceptors (Lipinski definition) is 2. The topological polar surface area (TPSA) is 40.7 Å². The second-order valence-corrected chi connectivity index (χ2v) is 2.97. The third-order valence-corrected chi connectivity index (χ3v) is 2.05. The van der Waals surface area contributed by atoms with Crippen LogP contribution in [0, 0.1) is 0 Å². The number of aromatic nitrogens is 2. The number of rotatable bonds is 2. The van der Waals surface area contributed by atoms with Gasteiger partial charge in [-0.05, 0) is 0 Å². The summed E-state index contributed by atoms with van der Waals surface area (Å²) in [5, 5.41) is 9.19. The van der Waals surface area contributed by atoms with E-state index in [-0.39, 0.29) is 6.42 Å². The van der Waals surface area contributed by atoms with E-state index in [1.165, 1.54) is 0 Å². The molecule has 0 amide bonds. The molecule has 1 heterocycles. The predicted molar refractivity (Wildman–Crippen MR) is 40.4 cm³/mol. The van der Waals surface area contributed by atoms with Crippen molar-refractivity contribution in [3.63, 3.8) is 0 Å². The second-order valence-electron chi connectivity index (χ2n) is 2.97. The molecule has 66 valence electrons. The van der Waals surface area contributed by atoms with Gasteiger partial charge in [0, 0.05) is 19.5 Å². The van der Waals surface area contributed by atoms with E-state index in [1.807, 2.05) is 0 Å². The van der Waals surface area contributed by atoms with Crippen molar-refractivity contribution in [2.24, 2.45) is 0 Å². The van der Waals surface area contributed by atoms with Crippen LogP contribution in [0.15, 0.2) is 6.07 Å². The van der Waals surface area contributed by atoms with E-state index in [0.29, 0.717) is 11.5 Å². The van der Waals surface area contributed by atoms with Crippen LogP contribution >= 0.6 is 0 Å². The average molecular weight is 173 g/mol. The second kappa shape index (κ2) is 2.18. The normalized spacial score (nSPS) is 25.4. The molecule has 5 heteroatoms. The maximum atomic E-state index is 12.5. The third-order valence-electron chi connectivity index (χ3n) is 2.05. The molecule has 0 bridgehead atoms. The Balaban J connectivity index is 2.15. The zero-order valence-corrected chi connectivity index (χ0v) is 6.56. The minimum atomic E-state index is -2.53. The van der Waals surface area contributed by atoms with Crippen molar-refractivity contribution in [3.05, 3.63) is 11.8 Å². The Kier molecular flexibility index (Phi) is 1.37. The fourth-order valence-corrected chi connectivity index (χ4v) is 1.18. The lowest BCUT2D eigenvalue weighted by atomic mass is 10.3. The lowest BCUT2D eigenvalue weighted by molar-refractivity contribution is 0.111. The van der Waals surface area contributed by atoms with Gasteiger partial charge in [-0.15, -0.1) is 0 Å². The van der Waals surface area contributed by atoms with Gasteiger partial charge in [-0.1, -0.05) is 0 Å². The summed E-state index contributed by atoms with van der Waals surface area (Å²) in [6.07, 6.45) is -0.0684. The van der Waals surface area contributed by atoms with Crippen molar-refractivity contribution in [1.29, 1.82) is 0 Å². The number of nitrogens with one attached hydrogen (secondary N) is 2. The molecule has 1 aromatic rings. The van der Waals surface area contributed by atoms with Gasteiger partial charge >= 0.3 is 0 Å². The quantitative estimate of drug-likeness (QED) is 0.712. The highest BCUT2D eigenvalue weighted by molar-refractivity contribution is 5.38. The first kappa shape index (κ1) is 7.52. The van der Waals surface area contributed by atoms with Gasteiger partial charge in [0.25, 0.3) is 5.92 Å². The molecule has 0 saturated heterocycles. The average Bonchev–Trinajstić information content (AvgIpc) is 2.52. The van der Waals surface area contributed by atoms with E-state index in [1.54, 1.807) is 13.1 Å². The molecule has 1 unspecified atom stereocenters. The molecule has 1 aromatic heterocycles. The number of aromatic amines is 1. The Morgan fingerprint density at radius 2 is 2.42 bits per heavy atom. The van der Waals surface area contributed by atoms with E-state index in [9.17, 15) is 8.78 Å². The van der Waals surface area contributed by atoms with Gasteiger partial charge in [0.2, 0.25) is 0 Å². The highest BCUT2D eigenvalue weighted by Gasteiger charge is 2.58. The highest BCUT2D eigenvalue weighted by atomic mass is 19.3. The van der Waals surface area contributed by atoms with Crippen LogP contribution in [0.5, 0.6) is 0 Å². The Morgan fingerprint density at radius 1 is 1.75 bits per heavy atom. The monoisotopic (exact) mass is 173 g/mol. The lowest BCUT2D eigenvalue weighted by Crippen LogP contribution is -1.92. The Labute approximate surface area is 68.2 Å². The first-order valence-corrected chi connectivity index (χ1v) is 3.74. The summed E-state index contributed by atoms with van der Waals surface area (Å²) in [5.74, 6) is -2.52. The van der Waals surface area contributed by atoms with Gasteiger partial charge in [-0.3, -0.25) is 5.10 Å². The minimum absolute atomic E-state index is 0.0684. The fourth-order valence-electron chi connectivity index (χ4n) is 1.18. The molecule has 0 aromatic carbocycles. The van der Waals surface area contributed by atoms with Crippen LogP contribution in [0.3, 0.4) is 0 Å². The standard InChI is InChI=1S/C7H9F2N3/c1-10-6-2-5(11-12-6)4-3-7(4,8)9/h2,4H,3H2,1H3,(H2,10,11,12). The number of nitrogens with zero attached hydrogens (tertiary/aromatic N) is 1. The molecule has 0 spiro atoms. The van der Waals surface area contributed by atoms with Crippen molar-refractivity contribution < 1.29 is 8.78 Å². The van der Waals surface area contributed by atoms with Crippen molar-refractivity contribution in [2.45, 2.75) is 18.3 Å². The van der Waals surface area contributed by atoms with Crippen molar-refractivity contribution >= 4 is 5.82 Å². The van der Waals surface area contributed by atoms with E-state index in [4.69, 9.17) is 0 Å². The molecular weight excluding hydrogens is 164 g/mol. The van der Waals surface area contributed by atoms with Crippen LogP contribution in [-0.4, -0.2) is 23.2 Å². The SMILES string of the molecule is CNc1cc(C2CC2(F)F)n[nH]1. The molecule has 12 heavy (non-hydrogen) atoms. The van der Waals surface area contributed by atoms with Gasteiger partial charge in [-0.25, -0.2) is 8.78 Å². The van der Waals surface area contributed by atoms with Gasteiger partial charge in [0.15, 0.2) is 0 Å². The number of alkyl halides is 2. The molecule has 1 aliphatic rings. The van der Waals surface area contributed by atoms with Crippen molar-refractivity contribution in [2.75, 3.05) is 12.4 Å². The minimum Gasteiger partial charge on any atom is -0.374 e. The maximum absolute atomic E-state index is 12.5. The summed E-state index contributed by atoms with van der Waals surface area (Å²) in [6.45, 7) is 0. The summed E-state index contributed by atoms with van der Waals surface area (Å²) in [6, 6.07) is 1.62. The molecule has 1 aliphatic carbocycles. The lowest BCUT2D eigenvalue weighted by Gasteiger charge is -1.90. The first-order chi connectivity index (χ1) is 5.63. The van der Waals surface area contributed by atoms with Crippen molar-refractivity contribution in [3.8, 4) is 0 Å². The smallest absolute Gasteiger partial charge is 0.257 e. The maximum Gasteiger partial charge on any atom is 0.257 e. The van der Waals surface area contributed by atoms with E-state index >= 15 is 0 Å². The van der Waals surface area contributed by atoms with Crippen LogP contribution in [0.25, 0.3) is 0 Å². The predicted octanol–water partition coefficient (Wildman–Crippen LogP) is 1.57. The zero-order valence-electron chi connectivity index (χ0n) is 6.56. The van der Waals surface area contributed by atoms with Crippen molar-refractivity contribution in [1.82, 2.24) is 10.2 Å². The summed E-state index contributed by atoms with van der Waals surface area (Å²) >= 11 is 0. The van der Waals surface area contributed by atoms with Crippen LogP contribution in [0.1, 0.15) is 18.0 Å². The van der Waals surface area contributed by atoms with E-state index in [2.05, 4.69) is 15.5 Å². The molecule has 0 radical (unpaired) electrons. The van der Waals surface area contributed by atoms with Crippen LogP contribution in [0.2, 0.25) is 0 Å². The summed E-state index contributed by atoms with van der Waals surface area (Å²) in [7, 11) is 1.71. The molecule has 1 fully saturated rings. The molecule has 1 atom stereocenters. The summed E-state index contributed by atoms with van der Waals surface area (Å²) in [4.78, 5) is 0. The van der Waals surface area contributed by atoms with Gasteiger partial charge in [-0.2, -0.15) is 5.10 Å².